The minimum atomic E-state index is 0.0399. The molecule has 1 aromatic carbocycles. The molecule has 4 heteroatoms. The first-order chi connectivity index (χ1) is 8.13. The van der Waals surface area contributed by atoms with Gasteiger partial charge in [0.1, 0.15) is 4.88 Å². The fourth-order valence-electron chi connectivity index (χ4n) is 1.72. The molecule has 0 radical (unpaired) electrons. The monoisotopic (exact) mass is 246 g/mol. The van der Waals surface area contributed by atoms with Crippen LogP contribution in [0.15, 0.2) is 18.2 Å². The van der Waals surface area contributed by atoms with Crippen LogP contribution in [-0.2, 0) is 6.42 Å². The average Bonchev–Trinajstić information content (AvgIpc) is 2.79. The third-order valence-electron chi connectivity index (χ3n) is 2.73. The van der Waals surface area contributed by atoms with E-state index in [0.29, 0.717) is 4.88 Å². The highest BCUT2D eigenvalue weighted by atomic mass is 32.1. The summed E-state index contributed by atoms with van der Waals surface area (Å²) >= 11 is 1.18. The van der Waals surface area contributed by atoms with Crippen molar-refractivity contribution in [3.63, 3.8) is 0 Å². The Kier molecular flexibility index (Phi) is 3.33. The normalized spacial score (nSPS) is 10.5. The summed E-state index contributed by atoms with van der Waals surface area (Å²) in [6.45, 7) is 5.92. The van der Waals surface area contributed by atoms with E-state index in [9.17, 15) is 4.79 Å². The van der Waals surface area contributed by atoms with Crippen LogP contribution in [-0.4, -0.2) is 15.4 Å². The predicted molar refractivity (Wildman–Crippen MR) is 68.6 cm³/mol. The number of benzene rings is 1. The zero-order valence-electron chi connectivity index (χ0n) is 10.2. The number of ketones is 1. The number of hydrogen-bond acceptors (Lipinski definition) is 4. The molecule has 0 amide bonds. The molecule has 0 saturated heterocycles. The summed E-state index contributed by atoms with van der Waals surface area (Å²) in [6, 6.07) is 5.91. The van der Waals surface area contributed by atoms with Gasteiger partial charge in [-0.15, -0.1) is 5.10 Å². The lowest BCUT2D eigenvalue weighted by molar-refractivity contribution is 0.104. The first-order valence-corrected chi connectivity index (χ1v) is 6.34. The molecule has 1 heterocycles. The minimum absolute atomic E-state index is 0.0399. The zero-order chi connectivity index (χ0) is 12.4. The van der Waals surface area contributed by atoms with Gasteiger partial charge in [-0.25, -0.2) is 0 Å². The molecular formula is C13H14N2OS. The van der Waals surface area contributed by atoms with E-state index in [1.807, 2.05) is 39.0 Å². The molecule has 0 saturated carbocycles. The lowest BCUT2D eigenvalue weighted by atomic mass is 10.0. The molecular weight excluding hydrogens is 232 g/mol. The summed E-state index contributed by atoms with van der Waals surface area (Å²) in [5.41, 5.74) is 3.64. The molecule has 17 heavy (non-hydrogen) atoms. The van der Waals surface area contributed by atoms with Gasteiger partial charge in [0.15, 0.2) is 0 Å². The Hall–Kier alpha value is -1.55. The number of carbonyl (C=O) groups is 1. The van der Waals surface area contributed by atoms with Crippen LogP contribution in [0.5, 0.6) is 0 Å². The first kappa shape index (κ1) is 11.9. The van der Waals surface area contributed by atoms with E-state index in [2.05, 4.69) is 9.59 Å². The third kappa shape index (κ3) is 2.26. The molecule has 2 rings (SSSR count). The van der Waals surface area contributed by atoms with Crippen molar-refractivity contribution in [2.75, 3.05) is 0 Å². The molecule has 0 aliphatic carbocycles. The van der Waals surface area contributed by atoms with Gasteiger partial charge in [0.25, 0.3) is 0 Å². The van der Waals surface area contributed by atoms with Gasteiger partial charge in [-0.2, -0.15) is 0 Å². The third-order valence-corrected chi connectivity index (χ3v) is 3.50. The molecule has 0 bridgehead atoms. The average molecular weight is 246 g/mol. The smallest absolute Gasteiger partial charge is 0.206 e. The Morgan fingerprint density at radius 1 is 1.35 bits per heavy atom. The van der Waals surface area contributed by atoms with E-state index in [1.165, 1.54) is 11.5 Å². The molecule has 3 nitrogen and oxygen atoms in total. The lowest BCUT2D eigenvalue weighted by Crippen LogP contribution is -2.05. The first-order valence-electron chi connectivity index (χ1n) is 5.56. The van der Waals surface area contributed by atoms with E-state index in [4.69, 9.17) is 0 Å². The van der Waals surface area contributed by atoms with Gasteiger partial charge in [-0.05, 0) is 43.4 Å². The van der Waals surface area contributed by atoms with E-state index >= 15 is 0 Å². The Labute approximate surface area is 105 Å². The summed E-state index contributed by atoms with van der Waals surface area (Å²) in [6.07, 6.45) is 0.739. The van der Waals surface area contributed by atoms with Crippen molar-refractivity contribution in [2.45, 2.75) is 27.2 Å². The van der Waals surface area contributed by atoms with Gasteiger partial charge >= 0.3 is 0 Å². The maximum absolute atomic E-state index is 12.4. The van der Waals surface area contributed by atoms with Gasteiger partial charge < -0.3 is 0 Å². The van der Waals surface area contributed by atoms with Crippen molar-refractivity contribution < 1.29 is 4.79 Å². The van der Waals surface area contributed by atoms with Crippen molar-refractivity contribution in [2.24, 2.45) is 0 Å². The number of nitrogens with zero attached hydrogens (tertiary/aromatic N) is 2. The molecule has 0 aliphatic rings. The summed E-state index contributed by atoms with van der Waals surface area (Å²) in [5.74, 6) is 0.0399. The Morgan fingerprint density at radius 3 is 2.82 bits per heavy atom. The van der Waals surface area contributed by atoms with Gasteiger partial charge in [0.2, 0.25) is 5.78 Å². The van der Waals surface area contributed by atoms with Gasteiger partial charge in [-0.3, -0.25) is 4.79 Å². The molecule has 0 atom stereocenters. The Balaban J connectivity index is 2.47. The van der Waals surface area contributed by atoms with E-state index in [0.717, 1.165) is 28.8 Å². The molecule has 0 aliphatic heterocycles. The summed E-state index contributed by atoms with van der Waals surface area (Å²) < 4.78 is 3.86. The highest BCUT2D eigenvalue weighted by molar-refractivity contribution is 7.08. The van der Waals surface area contributed by atoms with Crippen molar-refractivity contribution in [3.05, 3.63) is 45.5 Å². The quantitative estimate of drug-likeness (QED) is 0.782. The lowest BCUT2D eigenvalue weighted by Gasteiger charge is -2.05. The van der Waals surface area contributed by atoms with E-state index in [1.54, 1.807) is 0 Å². The number of carbonyl (C=O) groups excluding carboxylic acids is 1. The second-order valence-corrected chi connectivity index (χ2v) is 4.80. The number of aromatic nitrogens is 2. The van der Waals surface area contributed by atoms with Crippen LogP contribution in [0.1, 0.15) is 39.0 Å². The van der Waals surface area contributed by atoms with Gasteiger partial charge in [0.05, 0.1) is 5.69 Å². The fraction of sp³-hybridized carbons (Fsp3) is 0.308. The van der Waals surface area contributed by atoms with E-state index in [-0.39, 0.29) is 5.78 Å². The van der Waals surface area contributed by atoms with Crippen LogP contribution in [0, 0.1) is 13.8 Å². The van der Waals surface area contributed by atoms with Crippen LogP contribution in [0.3, 0.4) is 0 Å². The van der Waals surface area contributed by atoms with Gasteiger partial charge in [-0.1, -0.05) is 29.1 Å². The van der Waals surface area contributed by atoms with Crippen LogP contribution >= 0.6 is 11.5 Å². The summed E-state index contributed by atoms with van der Waals surface area (Å²) in [4.78, 5) is 13.1. The molecule has 0 N–H and O–H groups in total. The molecule has 0 fully saturated rings. The standard InChI is InChI=1S/C13H14N2OS/c1-4-11-13(17-15-14-11)12(16)10-7-8(2)5-6-9(10)3/h5-7H,4H2,1-3H3. The van der Waals surface area contributed by atoms with Crippen LogP contribution in [0.2, 0.25) is 0 Å². The van der Waals surface area contributed by atoms with Crippen LogP contribution in [0.4, 0.5) is 0 Å². The molecule has 1 aromatic heterocycles. The van der Waals surface area contributed by atoms with Crippen molar-refractivity contribution in [1.82, 2.24) is 9.59 Å². The molecule has 0 spiro atoms. The maximum atomic E-state index is 12.4. The highest BCUT2D eigenvalue weighted by Gasteiger charge is 2.18. The topological polar surface area (TPSA) is 42.9 Å². The number of rotatable bonds is 3. The van der Waals surface area contributed by atoms with Crippen LogP contribution < -0.4 is 0 Å². The molecule has 2 aromatic rings. The van der Waals surface area contributed by atoms with Crippen LogP contribution in [0.25, 0.3) is 0 Å². The second kappa shape index (κ2) is 4.75. The van der Waals surface area contributed by atoms with Crippen molar-refractivity contribution >= 4 is 17.3 Å². The number of aryl methyl sites for hydroxylation is 3. The predicted octanol–water partition coefficient (Wildman–Crippen LogP) is 2.95. The maximum Gasteiger partial charge on any atom is 0.206 e. The minimum Gasteiger partial charge on any atom is -0.288 e. The zero-order valence-corrected chi connectivity index (χ0v) is 11.0. The number of hydrogen-bond donors (Lipinski definition) is 0. The second-order valence-electron chi connectivity index (χ2n) is 4.05. The SMILES string of the molecule is CCc1nnsc1C(=O)c1cc(C)ccc1C. The van der Waals surface area contributed by atoms with Crippen molar-refractivity contribution in [1.29, 1.82) is 0 Å². The fourth-order valence-corrected chi connectivity index (χ4v) is 2.42. The van der Waals surface area contributed by atoms with Gasteiger partial charge in [0, 0.05) is 5.56 Å². The van der Waals surface area contributed by atoms with Crippen molar-refractivity contribution in [3.8, 4) is 0 Å². The molecule has 0 unspecified atom stereocenters. The summed E-state index contributed by atoms with van der Waals surface area (Å²) in [5, 5.41) is 3.98. The highest BCUT2D eigenvalue weighted by Crippen LogP contribution is 2.20. The summed E-state index contributed by atoms with van der Waals surface area (Å²) in [7, 11) is 0. The van der Waals surface area contributed by atoms with E-state index < -0.39 is 0 Å². The largest absolute Gasteiger partial charge is 0.288 e. The Bertz CT molecular complexity index is 560. The Morgan fingerprint density at radius 2 is 2.12 bits per heavy atom. The molecule has 88 valence electrons.